The smallest absolute Gasteiger partial charge is 0.303 e. The van der Waals surface area contributed by atoms with E-state index in [0.717, 1.165) is 17.5 Å². The summed E-state index contributed by atoms with van der Waals surface area (Å²) in [6, 6.07) is 14.2. The summed E-state index contributed by atoms with van der Waals surface area (Å²) >= 11 is 0. The molecule has 2 aromatic rings. The number of hydrogen-bond donors (Lipinski definition) is 2. The van der Waals surface area contributed by atoms with E-state index in [-0.39, 0.29) is 24.8 Å². The predicted octanol–water partition coefficient (Wildman–Crippen LogP) is 2.67. The standard InChI is InChI=1S/C22H26N4O5S/c1-25(2)18-9-7-15(8-10-18)20-14-19(23-26(20)21(27)11-12-22(28)29)16-5-4-6-17(13-16)24-32(3,30)31/h4-10,13,20,24H,11-12,14H2,1-3H3,(H,28,29)/t20-/m0/s1. The summed E-state index contributed by atoms with van der Waals surface area (Å²) in [5.41, 5.74) is 3.59. The average molecular weight is 459 g/mol. The summed E-state index contributed by atoms with van der Waals surface area (Å²) in [5, 5.41) is 14.8. The number of hydrazone groups is 1. The van der Waals surface area contributed by atoms with Crippen LogP contribution in [0.25, 0.3) is 0 Å². The van der Waals surface area contributed by atoms with E-state index in [2.05, 4.69) is 9.82 Å². The lowest BCUT2D eigenvalue weighted by molar-refractivity contribution is -0.141. The second-order valence-corrected chi connectivity index (χ2v) is 9.59. The molecule has 1 amide bonds. The quantitative estimate of drug-likeness (QED) is 0.628. The van der Waals surface area contributed by atoms with Crippen molar-refractivity contribution in [3.05, 3.63) is 59.7 Å². The van der Waals surface area contributed by atoms with Crippen LogP contribution in [-0.4, -0.2) is 56.5 Å². The number of sulfonamides is 1. The van der Waals surface area contributed by atoms with Crippen molar-refractivity contribution >= 4 is 39.0 Å². The molecule has 1 aliphatic rings. The van der Waals surface area contributed by atoms with Gasteiger partial charge in [-0.2, -0.15) is 5.10 Å². The van der Waals surface area contributed by atoms with Gasteiger partial charge >= 0.3 is 5.97 Å². The zero-order valence-electron chi connectivity index (χ0n) is 18.1. The van der Waals surface area contributed by atoms with E-state index in [9.17, 15) is 18.0 Å². The Morgan fingerprint density at radius 2 is 1.84 bits per heavy atom. The minimum absolute atomic E-state index is 0.159. The number of rotatable bonds is 8. The third kappa shape index (κ3) is 5.85. The van der Waals surface area contributed by atoms with Gasteiger partial charge in [0.25, 0.3) is 0 Å². The lowest BCUT2D eigenvalue weighted by atomic mass is 9.97. The number of carbonyl (C=O) groups is 2. The van der Waals surface area contributed by atoms with Crippen LogP contribution in [0.2, 0.25) is 0 Å². The Morgan fingerprint density at radius 3 is 2.44 bits per heavy atom. The number of benzene rings is 2. The van der Waals surface area contributed by atoms with Crippen molar-refractivity contribution < 1.29 is 23.1 Å². The molecular formula is C22H26N4O5S. The zero-order chi connectivity index (χ0) is 23.5. The molecule has 1 heterocycles. The summed E-state index contributed by atoms with van der Waals surface area (Å²) < 4.78 is 25.6. The van der Waals surface area contributed by atoms with E-state index in [4.69, 9.17) is 5.11 Å². The SMILES string of the molecule is CN(C)c1ccc([C@@H]2CC(c3cccc(NS(C)(=O)=O)c3)=NN2C(=O)CCC(=O)O)cc1. The summed E-state index contributed by atoms with van der Waals surface area (Å²) in [4.78, 5) is 25.7. The van der Waals surface area contributed by atoms with Gasteiger partial charge in [0.2, 0.25) is 15.9 Å². The number of amides is 1. The van der Waals surface area contributed by atoms with Crippen LogP contribution in [0, 0.1) is 0 Å². The maximum atomic E-state index is 12.8. The molecule has 0 saturated carbocycles. The van der Waals surface area contributed by atoms with Crippen LogP contribution in [-0.2, 0) is 19.6 Å². The topological polar surface area (TPSA) is 119 Å². The minimum atomic E-state index is -3.44. The van der Waals surface area contributed by atoms with Gasteiger partial charge in [0.1, 0.15) is 0 Å². The van der Waals surface area contributed by atoms with Crippen LogP contribution in [0.5, 0.6) is 0 Å². The van der Waals surface area contributed by atoms with Gasteiger partial charge < -0.3 is 10.0 Å². The summed E-state index contributed by atoms with van der Waals surface area (Å²) in [7, 11) is 0.435. The molecule has 2 aromatic carbocycles. The maximum Gasteiger partial charge on any atom is 0.303 e. The molecule has 0 aromatic heterocycles. The molecule has 0 aliphatic carbocycles. The maximum absolute atomic E-state index is 12.8. The highest BCUT2D eigenvalue weighted by Crippen LogP contribution is 2.34. The molecule has 1 atom stereocenters. The third-order valence-electron chi connectivity index (χ3n) is 5.01. The van der Waals surface area contributed by atoms with Crippen LogP contribution >= 0.6 is 0 Å². The molecule has 0 fully saturated rings. The summed E-state index contributed by atoms with van der Waals surface area (Å²) in [6.45, 7) is 0. The number of carbonyl (C=O) groups excluding carboxylic acids is 1. The normalized spacial score (nSPS) is 15.9. The van der Waals surface area contributed by atoms with Gasteiger partial charge in [0.15, 0.2) is 0 Å². The minimum Gasteiger partial charge on any atom is -0.481 e. The Balaban J connectivity index is 1.92. The molecule has 9 nitrogen and oxygen atoms in total. The highest BCUT2D eigenvalue weighted by Gasteiger charge is 2.33. The van der Waals surface area contributed by atoms with Crippen molar-refractivity contribution in [3.63, 3.8) is 0 Å². The number of nitrogens with one attached hydrogen (secondary N) is 1. The Kier molecular flexibility index (Phi) is 6.83. The molecule has 0 radical (unpaired) electrons. The molecular weight excluding hydrogens is 432 g/mol. The van der Waals surface area contributed by atoms with Gasteiger partial charge in [-0.05, 0) is 35.4 Å². The average Bonchev–Trinajstić information content (AvgIpc) is 3.16. The molecule has 32 heavy (non-hydrogen) atoms. The lowest BCUT2D eigenvalue weighted by Crippen LogP contribution is -2.27. The van der Waals surface area contributed by atoms with Crippen LogP contribution in [0.3, 0.4) is 0 Å². The van der Waals surface area contributed by atoms with Crippen LogP contribution < -0.4 is 9.62 Å². The fourth-order valence-corrected chi connectivity index (χ4v) is 4.03. The van der Waals surface area contributed by atoms with Gasteiger partial charge in [-0.15, -0.1) is 0 Å². The van der Waals surface area contributed by atoms with Crippen molar-refractivity contribution in [2.75, 3.05) is 30.0 Å². The Morgan fingerprint density at radius 1 is 1.16 bits per heavy atom. The number of nitrogens with zero attached hydrogens (tertiary/aromatic N) is 3. The first kappa shape index (κ1) is 23.3. The molecule has 2 N–H and O–H groups in total. The Labute approximate surface area is 187 Å². The zero-order valence-corrected chi connectivity index (χ0v) is 19.0. The molecule has 170 valence electrons. The second-order valence-electron chi connectivity index (χ2n) is 7.84. The highest BCUT2D eigenvalue weighted by molar-refractivity contribution is 7.92. The van der Waals surface area contributed by atoms with E-state index >= 15 is 0 Å². The molecule has 3 rings (SSSR count). The van der Waals surface area contributed by atoms with Crippen molar-refractivity contribution in [2.24, 2.45) is 5.10 Å². The number of anilines is 2. The molecule has 0 spiro atoms. The lowest BCUT2D eigenvalue weighted by Gasteiger charge is -2.22. The summed E-state index contributed by atoms with van der Waals surface area (Å²) in [5.74, 6) is -1.43. The molecule has 0 bridgehead atoms. The van der Waals surface area contributed by atoms with Crippen molar-refractivity contribution in [1.29, 1.82) is 0 Å². The monoisotopic (exact) mass is 458 g/mol. The largest absolute Gasteiger partial charge is 0.481 e. The molecule has 10 heteroatoms. The first-order chi connectivity index (χ1) is 15.0. The summed E-state index contributed by atoms with van der Waals surface area (Å²) in [6.07, 6.45) is 1.06. The van der Waals surface area contributed by atoms with Crippen LogP contribution in [0.4, 0.5) is 11.4 Å². The number of carboxylic acids is 1. The fourth-order valence-electron chi connectivity index (χ4n) is 3.47. The highest BCUT2D eigenvalue weighted by atomic mass is 32.2. The van der Waals surface area contributed by atoms with E-state index in [1.54, 1.807) is 24.3 Å². The number of carboxylic acid groups (broad SMARTS) is 1. The van der Waals surface area contributed by atoms with Crippen LogP contribution in [0.15, 0.2) is 53.6 Å². The van der Waals surface area contributed by atoms with Gasteiger partial charge in [0, 0.05) is 38.3 Å². The van der Waals surface area contributed by atoms with Gasteiger partial charge in [0.05, 0.1) is 24.4 Å². The van der Waals surface area contributed by atoms with Crippen LogP contribution in [0.1, 0.15) is 36.4 Å². The first-order valence-corrected chi connectivity index (χ1v) is 11.9. The van der Waals surface area contributed by atoms with E-state index in [1.165, 1.54) is 5.01 Å². The van der Waals surface area contributed by atoms with E-state index in [0.29, 0.717) is 23.4 Å². The van der Waals surface area contributed by atoms with Crippen molar-refractivity contribution in [1.82, 2.24) is 5.01 Å². The second kappa shape index (κ2) is 9.39. The first-order valence-electron chi connectivity index (χ1n) is 10.0. The predicted molar refractivity (Wildman–Crippen MR) is 123 cm³/mol. The van der Waals surface area contributed by atoms with Gasteiger partial charge in [-0.1, -0.05) is 24.3 Å². The molecule has 0 saturated heterocycles. The van der Waals surface area contributed by atoms with Gasteiger partial charge in [-0.25, -0.2) is 13.4 Å². The molecule has 0 unspecified atom stereocenters. The van der Waals surface area contributed by atoms with Gasteiger partial charge in [-0.3, -0.25) is 14.3 Å². The number of aliphatic carboxylic acids is 1. The van der Waals surface area contributed by atoms with Crippen molar-refractivity contribution in [2.45, 2.75) is 25.3 Å². The fraction of sp³-hybridized carbons (Fsp3) is 0.318. The van der Waals surface area contributed by atoms with E-state index < -0.39 is 16.0 Å². The van der Waals surface area contributed by atoms with Crippen molar-refractivity contribution in [3.8, 4) is 0 Å². The Bertz CT molecular complexity index is 1140. The molecule has 1 aliphatic heterocycles. The Hall–Kier alpha value is -3.40. The third-order valence-corrected chi connectivity index (χ3v) is 5.62. The number of hydrogen-bond acceptors (Lipinski definition) is 6. The van der Waals surface area contributed by atoms with E-state index in [1.807, 2.05) is 43.3 Å².